The lowest BCUT2D eigenvalue weighted by Crippen LogP contribution is -1.93. The van der Waals surface area contributed by atoms with E-state index in [0.717, 1.165) is 66.3 Å². The van der Waals surface area contributed by atoms with E-state index in [1.54, 1.807) is 0 Å². The van der Waals surface area contributed by atoms with Crippen LogP contribution >= 0.6 is 0 Å². The second kappa shape index (κ2) is 12.9. The average molecular weight is 739 g/mol. The van der Waals surface area contributed by atoms with Crippen molar-refractivity contribution in [3.63, 3.8) is 0 Å². The minimum absolute atomic E-state index is 0.862. The Morgan fingerprint density at radius 2 is 1.00 bits per heavy atom. The maximum absolute atomic E-state index is 6.60. The third-order valence-corrected chi connectivity index (χ3v) is 11.8. The van der Waals surface area contributed by atoms with E-state index in [-0.39, 0.29) is 0 Å². The van der Waals surface area contributed by atoms with E-state index < -0.39 is 0 Å². The quantitative estimate of drug-likeness (QED) is 0.165. The second-order valence-electron chi connectivity index (χ2n) is 15.0. The lowest BCUT2D eigenvalue weighted by atomic mass is 9.89. The van der Waals surface area contributed by atoms with Gasteiger partial charge in [-0.3, -0.25) is 0 Å². The summed E-state index contributed by atoms with van der Waals surface area (Å²) in [5, 5.41) is 8.14. The number of rotatable bonds is 5. The molecule has 0 N–H and O–H groups in total. The van der Waals surface area contributed by atoms with Crippen molar-refractivity contribution in [2.24, 2.45) is 0 Å². The molecule has 0 aliphatic carbocycles. The number of para-hydroxylation sites is 4. The number of fused-ring (bicyclic) bond motifs is 9. The summed E-state index contributed by atoms with van der Waals surface area (Å²) in [6.45, 7) is 0. The highest BCUT2D eigenvalue weighted by Crippen LogP contribution is 2.46. The smallest absolute Gasteiger partial charge is 0.136 e. The van der Waals surface area contributed by atoms with Gasteiger partial charge in [-0.1, -0.05) is 158 Å². The fourth-order valence-corrected chi connectivity index (χ4v) is 9.23. The molecular weight excluding hydrogens is 705 g/mol. The first-order valence-corrected chi connectivity index (χ1v) is 19.8. The first kappa shape index (κ1) is 32.5. The molecule has 0 unspecified atom stereocenters. The molecule has 58 heavy (non-hydrogen) atoms. The van der Waals surface area contributed by atoms with Gasteiger partial charge in [0, 0.05) is 54.5 Å². The summed E-state index contributed by atoms with van der Waals surface area (Å²) in [5.74, 6) is 0. The van der Waals surface area contributed by atoms with Gasteiger partial charge in [0.05, 0.1) is 22.2 Å². The van der Waals surface area contributed by atoms with E-state index >= 15 is 0 Å². The molecule has 270 valence electrons. The monoisotopic (exact) mass is 738 g/mol. The minimum Gasteiger partial charge on any atom is -0.456 e. The van der Waals surface area contributed by atoms with Crippen LogP contribution in [0.25, 0.3) is 116 Å². The Kier molecular flexibility index (Phi) is 7.23. The Balaban J connectivity index is 1.02. The molecule has 0 saturated heterocycles. The minimum atomic E-state index is 0.862. The van der Waals surface area contributed by atoms with Gasteiger partial charge in [0.15, 0.2) is 0 Å². The number of aromatic nitrogens is 2. The van der Waals surface area contributed by atoms with E-state index in [0.29, 0.717) is 0 Å². The van der Waals surface area contributed by atoms with Gasteiger partial charge in [-0.05, 0) is 76.3 Å². The van der Waals surface area contributed by atoms with Crippen molar-refractivity contribution in [1.29, 1.82) is 0 Å². The molecule has 0 fully saturated rings. The van der Waals surface area contributed by atoms with Gasteiger partial charge in [0.1, 0.15) is 11.2 Å². The predicted octanol–water partition coefficient (Wildman–Crippen LogP) is 15.1. The van der Waals surface area contributed by atoms with Crippen molar-refractivity contribution < 1.29 is 4.42 Å². The van der Waals surface area contributed by atoms with Gasteiger partial charge in [0.25, 0.3) is 0 Å². The number of nitrogens with zero attached hydrogens (tertiary/aromatic N) is 2. The van der Waals surface area contributed by atoms with Gasteiger partial charge in [-0.25, -0.2) is 4.98 Å². The summed E-state index contributed by atoms with van der Waals surface area (Å²) < 4.78 is 8.97. The number of hydrogen-bond donors (Lipinski definition) is 0. The zero-order chi connectivity index (χ0) is 38.2. The van der Waals surface area contributed by atoms with Crippen molar-refractivity contribution in [2.75, 3.05) is 0 Å². The Bertz CT molecular complexity index is 3540. The zero-order valence-corrected chi connectivity index (χ0v) is 31.4. The first-order valence-electron chi connectivity index (χ1n) is 19.8. The molecule has 3 heteroatoms. The maximum atomic E-state index is 6.60. The Hall–Kier alpha value is -7.75. The standard InChI is InChI=1S/C55H34N2O/c1-3-15-36(16-4-1)51-53-42-21-7-10-25-46(42)56-55(45(53)34-50-54(51)44-23-9-12-28-49(44)58-50)37-31-29-35(30-32-37)38-17-13-18-39(33-38)41-24-14-27-48-52(41)43-22-8-11-26-47(43)57(48)40-19-5-2-6-20-40/h1-34H. The van der Waals surface area contributed by atoms with Crippen LogP contribution in [-0.2, 0) is 0 Å². The number of pyridine rings is 1. The summed E-state index contributed by atoms with van der Waals surface area (Å²) in [6.07, 6.45) is 0. The maximum Gasteiger partial charge on any atom is 0.136 e. The molecular formula is C55H34N2O. The van der Waals surface area contributed by atoms with Crippen LogP contribution in [0.5, 0.6) is 0 Å². The number of benzene rings is 9. The average Bonchev–Trinajstić information content (AvgIpc) is 3.84. The van der Waals surface area contributed by atoms with Crippen LogP contribution in [0.4, 0.5) is 0 Å². The fourth-order valence-electron chi connectivity index (χ4n) is 9.23. The molecule has 0 aliphatic rings. The zero-order valence-electron chi connectivity index (χ0n) is 31.4. The van der Waals surface area contributed by atoms with Crippen LogP contribution in [0.15, 0.2) is 211 Å². The molecule has 0 atom stereocenters. The van der Waals surface area contributed by atoms with Crippen LogP contribution in [0, 0.1) is 0 Å². The first-order chi connectivity index (χ1) is 28.8. The van der Waals surface area contributed by atoms with Gasteiger partial charge in [-0.15, -0.1) is 0 Å². The van der Waals surface area contributed by atoms with E-state index in [4.69, 9.17) is 9.40 Å². The van der Waals surface area contributed by atoms with Gasteiger partial charge >= 0.3 is 0 Å². The topological polar surface area (TPSA) is 31.0 Å². The van der Waals surface area contributed by atoms with Crippen LogP contribution < -0.4 is 0 Å². The molecule has 3 aromatic heterocycles. The summed E-state index contributed by atoms with van der Waals surface area (Å²) in [5.41, 5.74) is 15.3. The Labute approximate surface area is 334 Å². The summed E-state index contributed by atoms with van der Waals surface area (Å²) >= 11 is 0. The largest absolute Gasteiger partial charge is 0.456 e. The summed E-state index contributed by atoms with van der Waals surface area (Å²) in [6, 6.07) is 73.7. The number of furan rings is 1. The van der Waals surface area contributed by atoms with Gasteiger partial charge in [-0.2, -0.15) is 0 Å². The van der Waals surface area contributed by atoms with Gasteiger partial charge in [0.2, 0.25) is 0 Å². The molecule has 0 aliphatic heterocycles. The highest BCUT2D eigenvalue weighted by Gasteiger charge is 2.22. The molecule has 9 aromatic carbocycles. The van der Waals surface area contributed by atoms with Crippen molar-refractivity contribution >= 4 is 65.4 Å². The number of hydrogen-bond acceptors (Lipinski definition) is 2. The van der Waals surface area contributed by atoms with Crippen LogP contribution in [0.2, 0.25) is 0 Å². The Morgan fingerprint density at radius 1 is 0.362 bits per heavy atom. The summed E-state index contributed by atoms with van der Waals surface area (Å²) in [4.78, 5) is 5.36. The highest BCUT2D eigenvalue weighted by molar-refractivity contribution is 6.27. The van der Waals surface area contributed by atoms with Crippen molar-refractivity contribution in [2.45, 2.75) is 0 Å². The van der Waals surface area contributed by atoms with Crippen molar-refractivity contribution in [3.05, 3.63) is 206 Å². The normalized spacial score (nSPS) is 11.8. The van der Waals surface area contributed by atoms with E-state index in [2.05, 4.69) is 205 Å². The Morgan fingerprint density at radius 3 is 1.84 bits per heavy atom. The fraction of sp³-hybridized carbons (Fsp3) is 0. The molecule has 0 spiro atoms. The molecule has 3 heterocycles. The molecule has 12 aromatic rings. The molecule has 0 amide bonds. The summed E-state index contributed by atoms with van der Waals surface area (Å²) in [7, 11) is 0. The molecule has 12 rings (SSSR count). The van der Waals surface area contributed by atoms with E-state index in [1.165, 1.54) is 49.4 Å². The second-order valence-corrected chi connectivity index (χ2v) is 15.0. The van der Waals surface area contributed by atoms with Crippen LogP contribution in [-0.4, -0.2) is 9.55 Å². The highest BCUT2D eigenvalue weighted by atomic mass is 16.3. The SMILES string of the molecule is c1ccc(-c2c3c(cc4c(-c5ccc(-c6cccc(-c7cccc8c7c7ccccc7n8-c7ccccc7)c6)cc5)nc5ccccc5c24)oc2ccccc23)cc1. The lowest BCUT2D eigenvalue weighted by Gasteiger charge is -2.16. The van der Waals surface area contributed by atoms with Crippen molar-refractivity contribution in [3.8, 4) is 50.3 Å². The molecule has 0 radical (unpaired) electrons. The van der Waals surface area contributed by atoms with Crippen LogP contribution in [0.1, 0.15) is 0 Å². The third-order valence-electron chi connectivity index (χ3n) is 11.8. The van der Waals surface area contributed by atoms with E-state index in [1.807, 2.05) is 6.07 Å². The van der Waals surface area contributed by atoms with Crippen LogP contribution in [0.3, 0.4) is 0 Å². The third kappa shape index (κ3) is 4.97. The lowest BCUT2D eigenvalue weighted by molar-refractivity contribution is 0.669. The van der Waals surface area contributed by atoms with Gasteiger partial charge < -0.3 is 8.98 Å². The van der Waals surface area contributed by atoms with Crippen molar-refractivity contribution in [1.82, 2.24) is 9.55 Å². The predicted molar refractivity (Wildman–Crippen MR) is 243 cm³/mol. The molecule has 3 nitrogen and oxygen atoms in total. The molecule has 0 saturated carbocycles. The molecule has 0 bridgehead atoms. The van der Waals surface area contributed by atoms with E-state index in [9.17, 15) is 0 Å².